The van der Waals surface area contributed by atoms with Gasteiger partial charge in [-0.3, -0.25) is 4.99 Å². The van der Waals surface area contributed by atoms with Crippen LogP contribution in [-0.2, 0) is 4.74 Å². The van der Waals surface area contributed by atoms with Gasteiger partial charge in [-0.05, 0) is 32.3 Å². The first-order chi connectivity index (χ1) is 11.7. The van der Waals surface area contributed by atoms with E-state index < -0.39 is 0 Å². The Morgan fingerprint density at radius 3 is 2.64 bits per heavy atom. The fourth-order valence-corrected chi connectivity index (χ4v) is 2.70. The normalized spacial score (nSPS) is 15.8. The van der Waals surface area contributed by atoms with Crippen LogP contribution in [0.1, 0.15) is 43.7 Å². The molecule has 2 N–H and O–H groups in total. The van der Waals surface area contributed by atoms with E-state index in [9.17, 15) is 0 Å². The second-order valence-corrected chi connectivity index (χ2v) is 6.40. The number of rotatable bonds is 7. The lowest BCUT2D eigenvalue weighted by molar-refractivity contribution is 0.153. The molecule has 1 heterocycles. The SMILES string of the molecule is CCNC(=NCC(C)c1ccc(C)cc1)NCCC1=CCOCC1.I. The molecule has 1 unspecified atom stereocenters. The number of ether oxygens (including phenoxy) is 1. The van der Waals surface area contributed by atoms with Gasteiger partial charge in [0.15, 0.2) is 5.96 Å². The van der Waals surface area contributed by atoms with Gasteiger partial charge >= 0.3 is 0 Å². The molecule has 0 saturated heterocycles. The minimum absolute atomic E-state index is 0. The Morgan fingerprint density at radius 1 is 1.24 bits per heavy atom. The summed E-state index contributed by atoms with van der Waals surface area (Å²) < 4.78 is 5.35. The Bertz CT molecular complexity index is 555. The van der Waals surface area contributed by atoms with Crippen molar-refractivity contribution < 1.29 is 4.74 Å². The Balaban J connectivity index is 0.00000312. The van der Waals surface area contributed by atoms with Crippen LogP contribution in [0.4, 0.5) is 0 Å². The number of hydrogen-bond donors (Lipinski definition) is 2. The number of aliphatic imine (C=N–C) groups is 1. The first kappa shape index (κ1) is 22.0. The number of nitrogens with one attached hydrogen (secondary N) is 2. The first-order valence-corrected chi connectivity index (χ1v) is 9.03. The minimum atomic E-state index is 0. The largest absolute Gasteiger partial charge is 0.377 e. The standard InChI is InChI=1S/C20H31N3O.HI/c1-4-21-20(22-12-9-18-10-13-24-14-11-18)23-15-17(3)19-7-5-16(2)6-8-19;/h5-8,10,17H,4,9,11-15H2,1-3H3,(H2,21,22,23);1H. The van der Waals surface area contributed by atoms with Crippen molar-refractivity contribution in [3.8, 4) is 0 Å². The summed E-state index contributed by atoms with van der Waals surface area (Å²) in [7, 11) is 0. The molecule has 0 aromatic heterocycles. The molecule has 2 rings (SSSR count). The molecule has 0 amide bonds. The zero-order chi connectivity index (χ0) is 17.2. The summed E-state index contributed by atoms with van der Waals surface area (Å²) in [6, 6.07) is 8.74. The smallest absolute Gasteiger partial charge is 0.191 e. The van der Waals surface area contributed by atoms with Crippen LogP contribution in [0.25, 0.3) is 0 Å². The van der Waals surface area contributed by atoms with Crippen LogP contribution in [0.5, 0.6) is 0 Å². The van der Waals surface area contributed by atoms with Crippen LogP contribution in [0.3, 0.4) is 0 Å². The van der Waals surface area contributed by atoms with Gasteiger partial charge in [0, 0.05) is 25.6 Å². The van der Waals surface area contributed by atoms with Crippen LogP contribution in [0, 0.1) is 6.92 Å². The minimum Gasteiger partial charge on any atom is -0.377 e. The van der Waals surface area contributed by atoms with Crippen LogP contribution in [0.2, 0.25) is 0 Å². The quantitative estimate of drug-likeness (QED) is 0.282. The monoisotopic (exact) mass is 457 g/mol. The maximum atomic E-state index is 5.35. The highest BCUT2D eigenvalue weighted by atomic mass is 127. The summed E-state index contributed by atoms with van der Waals surface area (Å²) in [6.45, 7) is 10.6. The molecular formula is C20H32IN3O. The summed E-state index contributed by atoms with van der Waals surface area (Å²) >= 11 is 0. The number of guanidine groups is 1. The van der Waals surface area contributed by atoms with E-state index in [1.54, 1.807) is 0 Å². The molecule has 1 atom stereocenters. The van der Waals surface area contributed by atoms with Crippen molar-refractivity contribution in [1.82, 2.24) is 10.6 Å². The van der Waals surface area contributed by atoms with Gasteiger partial charge in [0.1, 0.15) is 0 Å². The van der Waals surface area contributed by atoms with Crippen molar-refractivity contribution in [2.24, 2.45) is 4.99 Å². The number of benzene rings is 1. The zero-order valence-corrected chi connectivity index (χ0v) is 18.0. The molecule has 140 valence electrons. The predicted octanol–water partition coefficient (Wildman–Crippen LogP) is 4.01. The Kier molecular flexibility index (Phi) is 10.8. The molecule has 1 aliphatic rings. The van der Waals surface area contributed by atoms with Crippen molar-refractivity contribution in [1.29, 1.82) is 0 Å². The molecule has 0 saturated carbocycles. The van der Waals surface area contributed by atoms with Crippen molar-refractivity contribution in [2.75, 3.05) is 32.8 Å². The van der Waals surface area contributed by atoms with Crippen LogP contribution in [0.15, 0.2) is 40.9 Å². The summed E-state index contributed by atoms with van der Waals surface area (Å²) in [6.07, 6.45) is 4.32. The number of hydrogen-bond acceptors (Lipinski definition) is 2. The summed E-state index contributed by atoms with van der Waals surface area (Å²) in [5.74, 6) is 1.32. The lowest BCUT2D eigenvalue weighted by atomic mass is 10.0. The highest BCUT2D eigenvalue weighted by Crippen LogP contribution is 2.16. The third-order valence-electron chi connectivity index (χ3n) is 4.31. The average Bonchev–Trinajstić information content (AvgIpc) is 2.61. The average molecular weight is 457 g/mol. The molecular weight excluding hydrogens is 425 g/mol. The maximum Gasteiger partial charge on any atom is 0.191 e. The van der Waals surface area contributed by atoms with E-state index in [4.69, 9.17) is 9.73 Å². The van der Waals surface area contributed by atoms with Crippen LogP contribution in [-0.4, -0.2) is 38.8 Å². The third kappa shape index (κ3) is 8.23. The molecule has 5 heteroatoms. The van der Waals surface area contributed by atoms with Crippen molar-refractivity contribution in [2.45, 2.75) is 39.5 Å². The van der Waals surface area contributed by atoms with Gasteiger partial charge in [0.25, 0.3) is 0 Å². The van der Waals surface area contributed by atoms with Gasteiger partial charge < -0.3 is 15.4 Å². The Labute approximate surface area is 169 Å². The Morgan fingerprint density at radius 2 is 2.00 bits per heavy atom. The van der Waals surface area contributed by atoms with Gasteiger partial charge in [0.05, 0.1) is 13.2 Å². The molecule has 0 spiro atoms. The van der Waals surface area contributed by atoms with Gasteiger partial charge in [-0.1, -0.05) is 48.4 Å². The van der Waals surface area contributed by atoms with Gasteiger partial charge in [0.2, 0.25) is 0 Å². The molecule has 1 aliphatic heterocycles. The second kappa shape index (κ2) is 12.3. The lowest BCUT2D eigenvalue weighted by Gasteiger charge is -2.16. The van der Waals surface area contributed by atoms with E-state index in [0.29, 0.717) is 5.92 Å². The van der Waals surface area contributed by atoms with Crippen molar-refractivity contribution in [3.05, 3.63) is 47.0 Å². The van der Waals surface area contributed by atoms with E-state index in [2.05, 4.69) is 61.7 Å². The van der Waals surface area contributed by atoms with E-state index >= 15 is 0 Å². The molecule has 4 nitrogen and oxygen atoms in total. The molecule has 25 heavy (non-hydrogen) atoms. The highest BCUT2D eigenvalue weighted by molar-refractivity contribution is 14.0. The topological polar surface area (TPSA) is 45.7 Å². The van der Waals surface area contributed by atoms with E-state index in [-0.39, 0.29) is 24.0 Å². The zero-order valence-electron chi connectivity index (χ0n) is 15.7. The number of aryl methyl sites for hydroxylation is 1. The molecule has 0 bridgehead atoms. The fraction of sp³-hybridized carbons (Fsp3) is 0.550. The third-order valence-corrected chi connectivity index (χ3v) is 4.31. The summed E-state index contributed by atoms with van der Waals surface area (Å²) in [4.78, 5) is 4.75. The van der Waals surface area contributed by atoms with Crippen LogP contribution >= 0.6 is 24.0 Å². The van der Waals surface area contributed by atoms with E-state index in [1.165, 1.54) is 16.7 Å². The van der Waals surface area contributed by atoms with Crippen LogP contribution < -0.4 is 10.6 Å². The van der Waals surface area contributed by atoms with Gasteiger partial charge in [-0.15, -0.1) is 24.0 Å². The number of nitrogens with zero attached hydrogens (tertiary/aromatic N) is 1. The second-order valence-electron chi connectivity index (χ2n) is 6.40. The van der Waals surface area contributed by atoms with E-state index in [1.807, 2.05) is 0 Å². The van der Waals surface area contributed by atoms with Gasteiger partial charge in [-0.2, -0.15) is 0 Å². The molecule has 1 aromatic carbocycles. The fourth-order valence-electron chi connectivity index (χ4n) is 2.70. The molecule has 0 fully saturated rings. The Hall–Kier alpha value is -1.08. The maximum absolute atomic E-state index is 5.35. The molecule has 1 aromatic rings. The first-order valence-electron chi connectivity index (χ1n) is 9.03. The van der Waals surface area contributed by atoms with Gasteiger partial charge in [-0.25, -0.2) is 0 Å². The van der Waals surface area contributed by atoms with Crippen molar-refractivity contribution >= 4 is 29.9 Å². The van der Waals surface area contributed by atoms with Crippen molar-refractivity contribution in [3.63, 3.8) is 0 Å². The van der Waals surface area contributed by atoms with E-state index in [0.717, 1.165) is 51.6 Å². The summed E-state index contributed by atoms with van der Waals surface area (Å²) in [5, 5.41) is 6.77. The lowest BCUT2D eigenvalue weighted by Crippen LogP contribution is -2.38. The summed E-state index contributed by atoms with van der Waals surface area (Å²) in [5.41, 5.74) is 4.12. The number of halogens is 1. The predicted molar refractivity (Wildman–Crippen MR) is 117 cm³/mol. The molecule has 0 radical (unpaired) electrons. The molecule has 0 aliphatic carbocycles. The highest BCUT2D eigenvalue weighted by Gasteiger charge is 2.07.